The lowest BCUT2D eigenvalue weighted by Gasteiger charge is -2.14. The molecule has 1 atom stereocenters. The molecule has 1 rings (SSSR count). The molecule has 0 saturated heterocycles. The first-order valence-corrected chi connectivity index (χ1v) is 7.37. The first kappa shape index (κ1) is 14.2. The lowest BCUT2D eigenvalue weighted by atomic mass is 10.2. The van der Waals surface area contributed by atoms with Gasteiger partial charge in [-0.2, -0.15) is 0 Å². The summed E-state index contributed by atoms with van der Waals surface area (Å²) in [5.41, 5.74) is 0.995. The average molecular weight is 257 g/mol. The molecular formula is C12H19NO3S. The molecule has 0 saturated carbocycles. The van der Waals surface area contributed by atoms with Crippen molar-refractivity contribution in [2.24, 2.45) is 0 Å². The standard InChI is InChI=1S/C12H19NO3S/c1-2-12(10-14)13-17(15,16)9-8-11-6-4-3-5-7-11/h3-7,12-14H,2,8-10H2,1H3/t12-/m1/s1. The van der Waals surface area contributed by atoms with Crippen LogP contribution < -0.4 is 4.72 Å². The highest BCUT2D eigenvalue weighted by molar-refractivity contribution is 7.89. The van der Waals surface area contributed by atoms with Gasteiger partial charge in [0, 0.05) is 6.04 Å². The highest BCUT2D eigenvalue weighted by Crippen LogP contribution is 2.02. The zero-order chi connectivity index (χ0) is 12.7. The third kappa shape index (κ3) is 5.30. The summed E-state index contributed by atoms with van der Waals surface area (Å²) in [5.74, 6) is 0.0491. The van der Waals surface area contributed by atoms with Crippen molar-refractivity contribution in [1.82, 2.24) is 4.72 Å². The maximum atomic E-state index is 11.7. The summed E-state index contributed by atoms with van der Waals surface area (Å²) >= 11 is 0. The molecule has 5 heteroatoms. The highest BCUT2D eigenvalue weighted by atomic mass is 32.2. The number of rotatable bonds is 7. The van der Waals surface area contributed by atoms with E-state index in [0.29, 0.717) is 12.8 Å². The Morgan fingerprint density at radius 1 is 1.29 bits per heavy atom. The second kappa shape index (κ2) is 6.74. The van der Waals surface area contributed by atoms with Crippen molar-refractivity contribution in [3.8, 4) is 0 Å². The van der Waals surface area contributed by atoms with Crippen molar-refractivity contribution in [3.63, 3.8) is 0 Å². The maximum Gasteiger partial charge on any atom is 0.212 e. The smallest absolute Gasteiger partial charge is 0.212 e. The number of nitrogens with one attached hydrogen (secondary N) is 1. The minimum absolute atomic E-state index is 0.0491. The number of hydrogen-bond acceptors (Lipinski definition) is 3. The summed E-state index contributed by atoms with van der Waals surface area (Å²) in [6.45, 7) is 1.67. The van der Waals surface area contributed by atoms with Crippen LogP contribution in [-0.2, 0) is 16.4 Å². The average Bonchev–Trinajstić information content (AvgIpc) is 2.35. The largest absolute Gasteiger partial charge is 0.395 e. The van der Waals surface area contributed by atoms with Gasteiger partial charge in [0.15, 0.2) is 0 Å². The molecule has 0 radical (unpaired) electrons. The summed E-state index contributed by atoms with van der Waals surface area (Å²) in [6.07, 6.45) is 1.07. The topological polar surface area (TPSA) is 66.4 Å². The number of benzene rings is 1. The molecule has 0 bridgehead atoms. The highest BCUT2D eigenvalue weighted by Gasteiger charge is 2.15. The van der Waals surface area contributed by atoms with E-state index in [9.17, 15) is 8.42 Å². The Labute approximate surface area is 103 Å². The van der Waals surface area contributed by atoms with Crippen molar-refractivity contribution < 1.29 is 13.5 Å². The van der Waals surface area contributed by atoms with Gasteiger partial charge in [0.1, 0.15) is 0 Å². The number of aliphatic hydroxyl groups excluding tert-OH is 1. The predicted molar refractivity (Wildman–Crippen MR) is 68.2 cm³/mol. The summed E-state index contributed by atoms with van der Waals surface area (Å²) in [7, 11) is -3.31. The van der Waals surface area contributed by atoms with Crippen LogP contribution in [0.2, 0.25) is 0 Å². The molecular weight excluding hydrogens is 238 g/mol. The van der Waals surface area contributed by atoms with Crippen LogP contribution in [0.4, 0.5) is 0 Å². The van der Waals surface area contributed by atoms with Crippen molar-refractivity contribution in [1.29, 1.82) is 0 Å². The second-order valence-electron chi connectivity index (χ2n) is 3.96. The van der Waals surface area contributed by atoms with Gasteiger partial charge in [0.2, 0.25) is 10.0 Å². The molecule has 0 spiro atoms. The van der Waals surface area contributed by atoms with Crippen LogP contribution >= 0.6 is 0 Å². The summed E-state index contributed by atoms with van der Waals surface area (Å²) in [6, 6.07) is 9.10. The Bertz CT molecular complexity index is 413. The van der Waals surface area contributed by atoms with E-state index in [1.807, 2.05) is 37.3 Å². The molecule has 0 aromatic heterocycles. The summed E-state index contributed by atoms with van der Waals surface area (Å²) < 4.78 is 25.9. The third-order valence-corrected chi connectivity index (χ3v) is 4.00. The molecule has 0 aliphatic carbocycles. The zero-order valence-corrected chi connectivity index (χ0v) is 10.8. The molecule has 0 aliphatic heterocycles. The first-order chi connectivity index (χ1) is 8.07. The molecule has 0 heterocycles. The fraction of sp³-hybridized carbons (Fsp3) is 0.500. The minimum Gasteiger partial charge on any atom is -0.395 e. The Balaban J connectivity index is 2.50. The van der Waals surface area contributed by atoms with Crippen molar-refractivity contribution in [2.45, 2.75) is 25.8 Å². The molecule has 1 aromatic carbocycles. The van der Waals surface area contributed by atoms with E-state index in [4.69, 9.17) is 5.11 Å². The van der Waals surface area contributed by atoms with E-state index >= 15 is 0 Å². The first-order valence-electron chi connectivity index (χ1n) is 5.72. The number of sulfonamides is 1. The van der Waals surface area contributed by atoms with Crippen LogP contribution in [0.5, 0.6) is 0 Å². The van der Waals surface area contributed by atoms with Crippen LogP contribution in [-0.4, -0.2) is 31.9 Å². The van der Waals surface area contributed by atoms with Gasteiger partial charge in [-0.05, 0) is 18.4 Å². The monoisotopic (exact) mass is 257 g/mol. The minimum atomic E-state index is -3.31. The van der Waals surface area contributed by atoms with Gasteiger partial charge in [0.25, 0.3) is 0 Å². The van der Waals surface area contributed by atoms with Crippen LogP contribution in [0.1, 0.15) is 18.9 Å². The molecule has 0 aliphatic rings. The van der Waals surface area contributed by atoms with E-state index in [2.05, 4.69) is 4.72 Å². The number of hydrogen-bond donors (Lipinski definition) is 2. The lowest BCUT2D eigenvalue weighted by Crippen LogP contribution is -2.38. The quantitative estimate of drug-likeness (QED) is 0.763. The summed E-state index contributed by atoms with van der Waals surface area (Å²) in [5, 5.41) is 8.95. The van der Waals surface area contributed by atoms with Gasteiger partial charge in [-0.3, -0.25) is 0 Å². The molecule has 0 fully saturated rings. The molecule has 17 heavy (non-hydrogen) atoms. The van der Waals surface area contributed by atoms with E-state index in [1.54, 1.807) is 0 Å². The van der Waals surface area contributed by atoms with Crippen molar-refractivity contribution in [2.75, 3.05) is 12.4 Å². The van der Waals surface area contributed by atoms with Crippen LogP contribution in [0.25, 0.3) is 0 Å². The number of aryl methyl sites for hydroxylation is 1. The number of aliphatic hydroxyl groups is 1. The molecule has 4 nitrogen and oxygen atoms in total. The van der Waals surface area contributed by atoms with E-state index < -0.39 is 10.0 Å². The van der Waals surface area contributed by atoms with Crippen molar-refractivity contribution >= 4 is 10.0 Å². The second-order valence-corrected chi connectivity index (χ2v) is 5.83. The lowest BCUT2D eigenvalue weighted by molar-refractivity contribution is 0.254. The fourth-order valence-electron chi connectivity index (χ4n) is 1.46. The Hall–Kier alpha value is -0.910. The summed E-state index contributed by atoms with van der Waals surface area (Å²) in [4.78, 5) is 0. The molecule has 1 aromatic rings. The SMILES string of the molecule is CC[C@H](CO)NS(=O)(=O)CCc1ccccc1. The van der Waals surface area contributed by atoms with Gasteiger partial charge in [0.05, 0.1) is 12.4 Å². The van der Waals surface area contributed by atoms with Crippen LogP contribution in [0.15, 0.2) is 30.3 Å². The Kier molecular flexibility index (Phi) is 5.61. The van der Waals surface area contributed by atoms with Gasteiger partial charge in [-0.15, -0.1) is 0 Å². The molecule has 2 N–H and O–H groups in total. The van der Waals surface area contributed by atoms with Gasteiger partial charge in [-0.1, -0.05) is 37.3 Å². The van der Waals surface area contributed by atoms with Gasteiger partial charge < -0.3 is 5.11 Å². The van der Waals surface area contributed by atoms with Crippen LogP contribution in [0.3, 0.4) is 0 Å². The van der Waals surface area contributed by atoms with Gasteiger partial charge >= 0.3 is 0 Å². The van der Waals surface area contributed by atoms with Gasteiger partial charge in [-0.25, -0.2) is 13.1 Å². The normalized spacial score (nSPS) is 13.5. The fourth-order valence-corrected chi connectivity index (χ4v) is 2.83. The molecule has 0 amide bonds. The molecule has 0 unspecified atom stereocenters. The van der Waals surface area contributed by atoms with E-state index in [-0.39, 0.29) is 18.4 Å². The van der Waals surface area contributed by atoms with E-state index in [0.717, 1.165) is 5.56 Å². The Morgan fingerprint density at radius 3 is 2.47 bits per heavy atom. The maximum absolute atomic E-state index is 11.7. The zero-order valence-electron chi connectivity index (χ0n) is 9.96. The van der Waals surface area contributed by atoms with Crippen molar-refractivity contribution in [3.05, 3.63) is 35.9 Å². The Morgan fingerprint density at radius 2 is 1.94 bits per heavy atom. The van der Waals surface area contributed by atoms with Crippen LogP contribution in [0, 0.1) is 0 Å². The molecule has 96 valence electrons. The third-order valence-electron chi connectivity index (χ3n) is 2.56. The predicted octanol–water partition coefficient (Wildman–Crippen LogP) is 0.919. The van der Waals surface area contributed by atoms with E-state index in [1.165, 1.54) is 0 Å².